The summed E-state index contributed by atoms with van der Waals surface area (Å²) >= 11 is 0. The SMILES string of the molecule is Cc1[c-]c(-n2ccc(C(C)(C)c3cccc(-c4[c-]cc(C)nc4C)n3)n2)cc(C)n1.[Pt+2]. The van der Waals surface area contributed by atoms with Gasteiger partial charge in [-0.15, -0.1) is 23.4 Å². The van der Waals surface area contributed by atoms with Gasteiger partial charge in [0.1, 0.15) is 0 Å². The van der Waals surface area contributed by atoms with Crippen molar-refractivity contribution in [3.63, 3.8) is 0 Å². The van der Waals surface area contributed by atoms with Gasteiger partial charge in [0.15, 0.2) is 0 Å². The van der Waals surface area contributed by atoms with E-state index in [1.165, 1.54) is 0 Å². The van der Waals surface area contributed by atoms with Crippen molar-refractivity contribution < 1.29 is 21.1 Å². The van der Waals surface area contributed by atoms with E-state index in [0.717, 1.165) is 51.1 Å². The van der Waals surface area contributed by atoms with Gasteiger partial charge in [-0.25, -0.2) is 6.07 Å². The Balaban J connectivity index is 0.00000272. The Morgan fingerprint density at radius 1 is 0.903 bits per heavy atom. The van der Waals surface area contributed by atoms with Gasteiger partial charge < -0.3 is 9.97 Å². The molecule has 0 saturated heterocycles. The molecule has 160 valence electrons. The van der Waals surface area contributed by atoms with Crippen LogP contribution in [0.1, 0.15) is 48.0 Å². The molecular formula is C25H25N5Pt. The minimum Gasteiger partial charge on any atom is -0.354 e. The van der Waals surface area contributed by atoms with E-state index in [9.17, 15) is 0 Å². The Labute approximate surface area is 198 Å². The second-order valence-corrected chi connectivity index (χ2v) is 8.17. The Morgan fingerprint density at radius 3 is 2.39 bits per heavy atom. The van der Waals surface area contributed by atoms with Crippen LogP contribution < -0.4 is 0 Å². The van der Waals surface area contributed by atoms with Gasteiger partial charge in [0.25, 0.3) is 0 Å². The number of hydrogen-bond acceptors (Lipinski definition) is 4. The van der Waals surface area contributed by atoms with Crippen LogP contribution in [0, 0.1) is 39.8 Å². The molecule has 0 aliphatic carbocycles. The average Bonchev–Trinajstić information content (AvgIpc) is 3.18. The fourth-order valence-electron chi connectivity index (χ4n) is 3.61. The summed E-state index contributed by atoms with van der Waals surface area (Å²) in [7, 11) is 0. The molecule has 4 heterocycles. The van der Waals surface area contributed by atoms with Crippen LogP contribution in [-0.2, 0) is 26.5 Å². The van der Waals surface area contributed by atoms with Crippen molar-refractivity contribution in [3.05, 3.63) is 88.9 Å². The molecule has 0 saturated carbocycles. The molecule has 4 aromatic heterocycles. The van der Waals surface area contributed by atoms with E-state index >= 15 is 0 Å². The van der Waals surface area contributed by atoms with Gasteiger partial charge in [0, 0.05) is 11.9 Å². The van der Waals surface area contributed by atoms with Gasteiger partial charge in [-0.1, -0.05) is 31.7 Å². The van der Waals surface area contributed by atoms with Crippen molar-refractivity contribution >= 4 is 0 Å². The van der Waals surface area contributed by atoms with Crippen molar-refractivity contribution in [3.8, 4) is 16.9 Å². The van der Waals surface area contributed by atoms with E-state index in [0.29, 0.717) is 0 Å². The summed E-state index contributed by atoms with van der Waals surface area (Å²) in [6.45, 7) is 12.2. The molecule has 0 unspecified atom stereocenters. The zero-order valence-electron chi connectivity index (χ0n) is 18.6. The Bertz CT molecular complexity index is 1210. The quantitative estimate of drug-likeness (QED) is 0.318. The molecule has 0 N–H and O–H groups in total. The predicted molar refractivity (Wildman–Crippen MR) is 118 cm³/mol. The third kappa shape index (κ3) is 4.67. The summed E-state index contributed by atoms with van der Waals surface area (Å²) in [5.74, 6) is 0. The number of rotatable bonds is 4. The normalized spacial score (nSPS) is 11.3. The Hall–Kier alpha value is -2.65. The number of nitrogens with zero attached hydrogens (tertiary/aromatic N) is 5. The van der Waals surface area contributed by atoms with Crippen molar-refractivity contribution in [2.24, 2.45) is 0 Å². The molecule has 0 amide bonds. The van der Waals surface area contributed by atoms with Gasteiger partial charge in [-0.2, -0.15) is 11.2 Å². The fourth-order valence-corrected chi connectivity index (χ4v) is 3.61. The zero-order chi connectivity index (χ0) is 21.5. The molecule has 0 aliphatic rings. The van der Waals surface area contributed by atoms with Crippen LogP contribution in [0.5, 0.6) is 0 Å². The van der Waals surface area contributed by atoms with Gasteiger partial charge in [0.2, 0.25) is 0 Å². The molecule has 5 nitrogen and oxygen atoms in total. The molecule has 0 aliphatic heterocycles. The summed E-state index contributed by atoms with van der Waals surface area (Å²) in [6.07, 6.45) is 1.97. The molecule has 4 rings (SSSR count). The molecule has 0 radical (unpaired) electrons. The van der Waals surface area contributed by atoms with Crippen LogP contribution in [0.3, 0.4) is 0 Å². The zero-order valence-corrected chi connectivity index (χ0v) is 20.9. The standard InChI is InChI=1S/C25H25N5.Pt/c1-16-10-11-21(19(4)27-16)22-8-7-9-23(28-22)25(5,6)24-12-13-30(29-24)20-14-17(2)26-18(3)15-20;/h7-10,12-14H,1-6H3;/q-2;+2. The summed E-state index contributed by atoms with van der Waals surface area (Å²) in [5, 5.41) is 4.84. The summed E-state index contributed by atoms with van der Waals surface area (Å²) in [5.41, 5.74) is 7.90. The molecule has 4 aromatic rings. The second-order valence-electron chi connectivity index (χ2n) is 8.17. The van der Waals surface area contributed by atoms with Gasteiger partial charge in [0.05, 0.1) is 11.1 Å². The van der Waals surface area contributed by atoms with Gasteiger partial charge in [-0.05, 0) is 62.6 Å². The van der Waals surface area contributed by atoms with Crippen LogP contribution in [0.15, 0.2) is 42.6 Å². The first-order chi connectivity index (χ1) is 14.2. The third-order valence-corrected chi connectivity index (χ3v) is 5.25. The number of aryl methyl sites for hydroxylation is 4. The molecule has 0 fully saturated rings. The number of pyridine rings is 3. The Morgan fingerprint density at radius 2 is 1.68 bits per heavy atom. The summed E-state index contributed by atoms with van der Waals surface area (Å²) < 4.78 is 1.85. The average molecular weight is 591 g/mol. The van der Waals surface area contributed by atoms with Crippen LogP contribution in [0.4, 0.5) is 0 Å². The number of aromatic nitrogens is 5. The van der Waals surface area contributed by atoms with E-state index in [1.54, 1.807) is 0 Å². The maximum absolute atomic E-state index is 4.95. The first kappa shape index (κ1) is 23.0. The summed E-state index contributed by atoms with van der Waals surface area (Å²) in [6, 6.07) is 18.6. The largest absolute Gasteiger partial charge is 2.00 e. The first-order valence-electron chi connectivity index (χ1n) is 10.0. The van der Waals surface area contributed by atoms with Gasteiger partial charge >= 0.3 is 21.1 Å². The van der Waals surface area contributed by atoms with Crippen molar-refractivity contribution in [2.45, 2.75) is 47.0 Å². The minimum absolute atomic E-state index is 0. The van der Waals surface area contributed by atoms with Gasteiger partial charge in [-0.3, -0.25) is 9.67 Å². The molecule has 31 heavy (non-hydrogen) atoms. The molecular weight excluding hydrogens is 565 g/mol. The second kappa shape index (κ2) is 8.84. The van der Waals surface area contributed by atoms with Crippen LogP contribution in [0.2, 0.25) is 0 Å². The molecule has 0 atom stereocenters. The Kier molecular flexibility index (Phi) is 6.56. The van der Waals surface area contributed by atoms with E-state index in [4.69, 9.17) is 10.1 Å². The maximum atomic E-state index is 4.95. The first-order valence-corrected chi connectivity index (χ1v) is 10.0. The van der Waals surface area contributed by atoms with E-state index in [1.807, 2.05) is 75.0 Å². The van der Waals surface area contributed by atoms with E-state index < -0.39 is 0 Å². The third-order valence-electron chi connectivity index (χ3n) is 5.25. The fraction of sp³-hybridized carbons (Fsp3) is 0.280. The predicted octanol–water partition coefficient (Wildman–Crippen LogP) is 4.88. The van der Waals surface area contributed by atoms with Crippen molar-refractivity contribution in [1.29, 1.82) is 0 Å². The topological polar surface area (TPSA) is 56.5 Å². The monoisotopic (exact) mass is 590 g/mol. The minimum atomic E-state index is -0.371. The van der Waals surface area contributed by atoms with Crippen LogP contribution >= 0.6 is 0 Å². The maximum Gasteiger partial charge on any atom is 2.00 e. The smallest absolute Gasteiger partial charge is 0.354 e. The number of hydrogen-bond donors (Lipinski definition) is 0. The molecule has 0 aromatic carbocycles. The summed E-state index contributed by atoms with van der Waals surface area (Å²) in [4.78, 5) is 13.9. The van der Waals surface area contributed by atoms with E-state index in [2.05, 4.69) is 35.9 Å². The molecule has 6 heteroatoms. The van der Waals surface area contributed by atoms with Crippen LogP contribution in [-0.4, -0.2) is 24.7 Å². The van der Waals surface area contributed by atoms with Crippen molar-refractivity contribution in [2.75, 3.05) is 0 Å². The molecule has 0 bridgehead atoms. The van der Waals surface area contributed by atoms with Crippen molar-refractivity contribution in [1.82, 2.24) is 24.7 Å². The van der Waals surface area contributed by atoms with Crippen LogP contribution in [0.25, 0.3) is 16.9 Å². The van der Waals surface area contributed by atoms with E-state index in [-0.39, 0.29) is 26.5 Å². The molecule has 0 spiro atoms.